The minimum Gasteiger partial charge on any atom is -0.490 e. The fraction of sp³-hybridized carbons (Fsp3) is 0.250. The van der Waals surface area contributed by atoms with Gasteiger partial charge in [-0.25, -0.2) is 0 Å². The second kappa shape index (κ2) is 10.1. The molecule has 1 unspecified atom stereocenters. The van der Waals surface area contributed by atoms with Crippen molar-refractivity contribution in [2.45, 2.75) is 34.1 Å². The number of aryl methyl sites for hydroxylation is 2. The number of carboxylic acids is 1. The van der Waals surface area contributed by atoms with Gasteiger partial charge in [0, 0.05) is 0 Å². The van der Waals surface area contributed by atoms with Gasteiger partial charge in [-0.15, -0.1) is 0 Å². The van der Waals surface area contributed by atoms with Crippen molar-refractivity contribution in [1.82, 2.24) is 0 Å². The fourth-order valence-corrected chi connectivity index (χ4v) is 3.50. The van der Waals surface area contributed by atoms with Crippen LogP contribution in [-0.4, -0.2) is 17.7 Å². The molecular weight excluding hydrogens is 384 g/mol. The predicted octanol–water partition coefficient (Wildman–Crippen LogP) is 6.72. The van der Waals surface area contributed by atoms with Gasteiger partial charge in [-0.05, 0) is 78.8 Å². The molecule has 0 heterocycles. The Morgan fingerprint density at radius 2 is 1.68 bits per heavy atom. The van der Waals surface area contributed by atoms with Crippen molar-refractivity contribution >= 4 is 11.5 Å². The molecule has 0 aliphatic rings. The number of aliphatic carboxylic acids is 1. The van der Waals surface area contributed by atoms with E-state index in [0.717, 1.165) is 11.3 Å². The van der Waals surface area contributed by atoms with Crippen LogP contribution in [0.1, 0.15) is 36.1 Å². The van der Waals surface area contributed by atoms with Gasteiger partial charge in [0.15, 0.2) is 0 Å². The maximum atomic E-state index is 11.0. The van der Waals surface area contributed by atoms with Crippen molar-refractivity contribution < 1.29 is 14.6 Å². The second-order valence-electron chi connectivity index (χ2n) is 8.18. The Bertz CT molecular complexity index is 1060. The van der Waals surface area contributed by atoms with Crippen molar-refractivity contribution in [3.05, 3.63) is 95.1 Å². The maximum absolute atomic E-state index is 11.0. The van der Waals surface area contributed by atoms with E-state index < -0.39 is 11.9 Å². The average Bonchev–Trinajstić information content (AvgIpc) is 2.76. The number of hydrogen-bond donors (Lipinski definition) is 1. The second-order valence-corrected chi connectivity index (χ2v) is 8.18. The number of benzene rings is 3. The number of hydrogen-bond acceptors (Lipinski definition) is 2. The topological polar surface area (TPSA) is 46.5 Å². The van der Waals surface area contributed by atoms with E-state index in [-0.39, 0.29) is 0 Å². The van der Waals surface area contributed by atoms with Crippen molar-refractivity contribution in [1.29, 1.82) is 0 Å². The molecule has 0 amide bonds. The van der Waals surface area contributed by atoms with Crippen LogP contribution in [0.2, 0.25) is 0 Å². The first-order chi connectivity index (χ1) is 14.8. The van der Waals surface area contributed by atoms with E-state index in [0.29, 0.717) is 13.0 Å². The zero-order valence-corrected chi connectivity index (χ0v) is 18.7. The van der Waals surface area contributed by atoms with E-state index in [9.17, 15) is 4.79 Å². The summed E-state index contributed by atoms with van der Waals surface area (Å²) in [6, 6.07) is 22.8. The molecule has 3 heteroatoms. The molecule has 160 valence electrons. The molecule has 31 heavy (non-hydrogen) atoms. The molecule has 3 aromatic carbocycles. The van der Waals surface area contributed by atoms with Crippen molar-refractivity contribution in [3.63, 3.8) is 0 Å². The van der Waals surface area contributed by atoms with Crippen LogP contribution in [0.5, 0.6) is 5.75 Å². The number of allylic oxidation sites excluding steroid dienone is 1. The summed E-state index contributed by atoms with van der Waals surface area (Å²) >= 11 is 0. The predicted molar refractivity (Wildman–Crippen MR) is 127 cm³/mol. The summed E-state index contributed by atoms with van der Waals surface area (Å²) in [5.41, 5.74) is 8.39. The lowest BCUT2D eigenvalue weighted by atomic mass is 9.96. The van der Waals surface area contributed by atoms with E-state index in [1.165, 1.54) is 33.4 Å². The highest BCUT2D eigenvalue weighted by molar-refractivity contribution is 5.72. The highest BCUT2D eigenvalue weighted by Crippen LogP contribution is 2.26. The molecule has 0 saturated heterocycles. The first-order valence-corrected chi connectivity index (χ1v) is 10.6. The molecule has 3 rings (SSSR count). The van der Waals surface area contributed by atoms with E-state index >= 15 is 0 Å². The molecular formula is C28H30O3. The van der Waals surface area contributed by atoms with Crippen molar-refractivity contribution in [2.24, 2.45) is 5.92 Å². The first-order valence-electron chi connectivity index (χ1n) is 10.6. The normalized spacial score (nSPS) is 12.5. The monoisotopic (exact) mass is 414 g/mol. The third kappa shape index (κ3) is 6.08. The highest BCUT2D eigenvalue weighted by Gasteiger charge is 2.11. The van der Waals surface area contributed by atoms with E-state index in [1.54, 1.807) is 6.92 Å². The van der Waals surface area contributed by atoms with Crippen molar-refractivity contribution in [3.8, 4) is 16.9 Å². The Morgan fingerprint density at radius 1 is 1.00 bits per heavy atom. The van der Waals surface area contributed by atoms with Gasteiger partial charge in [0.1, 0.15) is 12.4 Å². The van der Waals surface area contributed by atoms with E-state index in [2.05, 4.69) is 69.3 Å². The molecule has 0 fully saturated rings. The maximum Gasteiger partial charge on any atom is 0.306 e. The standard InChI is InChI=1S/C28H30O3/c1-19-5-6-21(3)27(17-19)25-11-9-24(10-12-25)20(2)15-16-31-26-13-7-23(8-14-26)18-22(4)28(29)30/h5-15,17,22H,16,18H2,1-4H3,(H,29,30)/b20-15+. The van der Waals surface area contributed by atoms with Crippen LogP contribution in [-0.2, 0) is 11.2 Å². The summed E-state index contributed by atoms with van der Waals surface area (Å²) in [5, 5.41) is 9.03. The Balaban J connectivity index is 1.59. The van der Waals surface area contributed by atoms with Crippen LogP contribution >= 0.6 is 0 Å². The van der Waals surface area contributed by atoms with Crippen LogP contribution in [0.15, 0.2) is 72.8 Å². The summed E-state index contributed by atoms with van der Waals surface area (Å²) in [6.07, 6.45) is 2.60. The summed E-state index contributed by atoms with van der Waals surface area (Å²) < 4.78 is 5.83. The number of rotatable bonds is 8. The lowest BCUT2D eigenvalue weighted by Gasteiger charge is -2.10. The van der Waals surface area contributed by atoms with Gasteiger partial charge in [0.25, 0.3) is 0 Å². The Hall–Kier alpha value is -3.33. The summed E-state index contributed by atoms with van der Waals surface area (Å²) in [6.45, 7) is 8.55. The molecule has 0 aliphatic heterocycles. The summed E-state index contributed by atoms with van der Waals surface area (Å²) in [7, 11) is 0. The first kappa shape index (κ1) is 22.4. The zero-order valence-electron chi connectivity index (χ0n) is 18.7. The lowest BCUT2D eigenvalue weighted by molar-refractivity contribution is -0.141. The van der Waals surface area contributed by atoms with Gasteiger partial charge in [0.2, 0.25) is 0 Å². The Morgan fingerprint density at radius 3 is 2.32 bits per heavy atom. The molecule has 0 spiro atoms. The van der Waals surface area contributed by atoms with Gasteiger partial charge >= 0.3 is 5.97 Å². The zero-order chi connectivity index (χ0) is 22.4. The average molecular weight is 415 g/mol. The Labute approximate surface area is 185 Å². The summed E-state index contributed by atoms with van der Waals surface area (Å²) in [4.78, 5) is 11.0. The molecule has 0 bridgehead atoms. The van der Waals surface area contributed by atoms with Gasteiger partial charge in [-0.2, -0.15) is 0 Å². The third-order valence-electron chi connectivity index (χ3n) is 5.57. The van der Waals surface area contributed by atoms with Gasteiger partial charge in [-0.1, -0.05) is 67.1 Å². The SMILES string of the molecule is C/C(=C\COc1ccc(CC(C)C(=O)O)cc1)c1ccc(-c2cc(C)ccc2C)cc1. The van der Waals surface area contributed by atoms with Crippen LogP contribution in [0.25, 0.3) is 16.7 Å². The van der Waals surface area contributed by atoms with Crippen LogP contribution in [0.3, 0.4) is 0 Å². The number of ether oxygens (including phenoxy) is 1. The van der Waals surface area contributed by atoms with Gasteiger partial charge in [-0.3, -0.25) is 4.79 Å². The fourth-order valence-electron chi connectivity index (χ4n) is 3.50. The largest absolute Gasteiger partial charge is 0.490 e. The quantitative estimate of drug-likeness (QED) is 0.445. The van der Waals surface area contributed by atoms with Gasteiger partial charge < -0.3 is 9.84 Å². The van der Waals surface area contributed by atoms with E-state index in [4.69, 9.17) is 9.84 Å². The van der Waals surface area contributed by atoms with Gasteiger partial charge in [0.05, 0.1) is 5.92 Å². The lowest BCUT2D eigenvalue weighted by Crippen LogP contribution is -2.12. The van der Waals surface area contributed by atoms with E-state index in [1.807, 2.05) is 24.3 Å². The molecule has 3 aromatic rings. The number of carbonyl (C=O) groups is 1. The minimum atomic E-state index is -0.775. The van der Waals surface area contributed by atoms with Crippen molar-refractivity contribution in [2.75, 3.05) is 6.61 Å². The molecule has 1 atom stereocenters. The smallest absolute Gasteiger partial charge is 0.306 e. The molecule has 0 saturated carbocycles. The minimum absolute atomic E-state index is 0.390. The summed E-state index contributed by atoms with van der Waals surface area (Å²) in [5.74, 6) is -0.386. The van der Waals surface area contributed by atoms with Crippen LogP contribution < -0.4 is 4.74 Å². The molecule has 1 N–H and O–H groups in total. The molecule has 0 radical (unpaired) electrons. The van der Waals surface area contributed by atoms with Crippen LogP contribution in [0.4, 0.5) is 0 Å². The number of carboxylic acid groups (broad SMARTS) is 1. The molecule has 0 aliphatic carbocycles. The highest BCUT2D eigenvalue weighted by atomic mass is 16.5. The van der Waals surface area contributed by atoms with Crippen LogP contribution in [0, 0.1) is 19.8 Å². The third-order valence-corrected chi connectivity index (χ3v) is 5.57. The molecule has 0 aromatic heterocycles. The Kier molecular flexibility index (Phi) is 7.30. The molecule has 3 nitrogen and oxygen atoms in total.